The van der Waals surface area contributed by atoms with Gasteiger partial charge >= 0.3 is 6.09 Å². The fraction of sp³-hybridized carbons (Fsp3) is 0.615. The summed E-state index contributed by atoms with van der Waals surface area (Å²) in [5, 5.41) is 2.72. The van der Waals surface area contributed by atoms with Crippen LogP contribution in [0.15, 0.2) is 22.8 Å². The van der Waals surface area contributed by atoms with E-state index in [4.69, 9.17) is 14.9 Å². The second kappa shape index (κ2) is 6.44. The number of hydrogen-bond donors (Lipinski definition) is 2. The highest BCUT2D eigenvalue weighted by atomic mass is 16.6. The molecule has 0 aliphatic rings. The molecule has 1 amide bonds. The number of ether oxygens (including phenoxy) is 1. The lowest BCUT2D eigenvalue weighted by molar-refractivity contribution is 0.0519. The standard InChI is InChI=1S/C13H22N2O3/c1-13(2,3)18-12(16)15-9-10(8-14)7-11-5-4-6-17-11/h4-6,10H,7-9,14H2,1-3H3,(H,15,16). The maximum Gasteiger partial charge on any atom is 0.407 e. The summed E-state index contributed by atoms with van der Waals surface area (Å²) in [4.78, 5) is 11.5. The Kier molecular flexibility index (Phi) is 5.22. The van der Waals surface area contributed by atoms with Crippen molar-refractivity contribution in [1.29, 1.82) is 0 Å². The highest BCUT2D eigenvalue weighted by Gasteiger charge is 2.17. The van der Waals surface area contributed by atoms with Crippen molar-refractivity contribution in [1.82, 2.24) is 5.32 Å². The first-order valence-electron chi connectivity index (χ1n) is 6.10. The van der Waals surface area contributed by atoms with E-state index in [9.17, 15) is 4.79 Å². The molecule has 1 unspecified atom stereocenters. The molecule has 0 saturated heterocycles. The van der Waals surface area contributed by atoms with Gasteiger partial charge in [-0.25, -0.2) is 4.79 Å². The molecule has 0 radical (unpaired) electrons. The third-order valence-corrected chi connectivity index (χ3v) is 2.34. The summed E-state index contributed by atoms with van der Waals surface area (Å²) in [5.74, 6) is 1.01. The fourth-order valence-electron chi connectivity index (χ4n) is 1.49. The first kappa shape index (κ1) is 14.6. The predicted octanol–water partition coefficient (Wildman–Crippen LogP) is 1.92. The molecule has 3 N–H and O–H groups in total. The number of hydrogen-bond acceptors (Lipinski definition) is 4. The first-order chi connectivity index (χ1) is 8.40. The van der Waals surface area contributed by atoms with Gasteiger partial charge < -0.3 is 20.2 Å². The average Bonchev–Trinajstić information content (AvgIpc) is 2.74. The highest BCUT2D eigenvalue weighted by molar-refractivity contribution is 5.67. The molecule has 0 fully saturated rings. The van der Waals surface area contributed by atoms with Crippen molar-refractivity contribution >= 4 is 6.09 Å². The van der Waals surface area contributed by atoms with Gasteiger partial charge in [0.15, 0.2) is 0 Å². The largest absolute Gasteiger partial charge is 0.469 e. The summed E-state index contributed by atoms with van der Waals surface area (Å²) < 4.78 is 10.4. The molecule has 1 rings (SSSR count). The van der Waals surface area contributed by atoms with Crippen LogP contribution in [0.2, 0.25) is 0 Å². The Labute approximate surface area is 108 Å². The third kappa shape index (κ3) is 5.72. The van der Waals surface area contributed by atoms with Crippen molar-refractivity contribution in [3.63, 3.8) is 0 Å². The van der Waals surface area contributed by atoms with Gasteiger partial charge in [-0.1, -0.05) is 0 Å². The van der Waals surface area contributed by atoms with Crippen LogP contribution in [0, 0.1) is 5.92 Å². The van der Waals surface area contributed by atoms with E-state index < -0.39 is 11.7 Å². The molecule has 5 heteroatoms. The maximum atomic E-state index is 11.5. The molecule has 1 aromatic rings. The predicted molar refractivity (Wildman–Crippen MR) is 69.2 cm³/mol. The SMILES string of the molecule is CC(C)(C)OC(=O)NCC(CN)Cc1ccco1. The van der Waals surface area contributed by atoms with Gasteiger partial charge in [0.2, 0.25) is 0 Å². The van der Waals surface area contributed by atoms with Crippen molar-refractivity contribution in [3.05, 3.63) is 24.2 Å². The Morgan fingerprint density at radius 1 is 1.56 bits per heavy atom. The molecule has 0 aromatic carbocycles. The van der Waals surface area contributed by atoms with Crippen LogP contribution in [-0.2, 0) is 11.2 Å². The molecule has 18 heavy (non-hydrogen) atoms. The molecular formula is C13H22N2O3. The number of alkyl carbamates (subject to hydrolysis) is 1. The van der Waals surface area contributed by atoms with Crippen LogP contribution in [0.4, 0.5) is 4.79 Å². The molecule has 0 aliphatic heterocycles. The highest BCUT2D eigenvalue weighted by Crippen LogP contribution is 2.09. The molecule has 0 saturated carbocycles. The van der Waals surface area contributed by atoms with Crippen molar-refractivity contribution < 1.29 is 13.9 Å². The first-order valence-corrected chi connectivity index (χ1v) is 6.10. The van der Waals surface area contributed by atoms with E-state index in [1.165, 1.54) is 0 Å². The number of carbonyl (C=O) groups is 1. The van der Waals surface area contributed by atoms with E-state index in [-0.39, 0.29) is 5.92 Å². The van der Waals surface area contributed by atoms with E-state index in [1.54, 1.807) is 6.26 Å². The van der Waals surface area contributed by atoms with Crippen LogP contribution < -0.4 is 11.1 Å². The van der Waals surface area contributed by atoms with Gasteiger partial charge in [-0.05, 0) is 45.4 Å². The molecule has 102 valence electrons. The maximum absolute atomic E-state index is 11.5. The molecule has 1 heterocycles. The lowest BCUT2D eigenvalue weighted by atomic mass is 10.0. The average molecular weight is 254 g/mol. The molecule has 0 aliphatic carbocycles. The topological polar surface area (TPSA) is 77.5 Å². The Morgan fingerprint density at radius 2 is 2.28 bits per heavy atom. The minimum Gasteiger partial charge on any atom is -0.469 e. The third-order valence-electron chi connectivity index (χ3n) is 2.34. The number of nitrogens with one attached hydrogen (secondary N) is 1. The molecule has 1 atom stereocenters. The molecule has 5 nitrogen and oxygen atoms in total. The van der Waals surface area contributed by atoms with E-state index in [0.29, 0.717) is 19.5 Å². The Morgan fingerprint density at radius 3 is 2.78 bits per heavy atom. The zero-order valence-electron chi connectivity index (χ0n) is 11.2. The van der Waals surface area contributed by atoms with Gasteiger partial charge in [0, 0.05) is 13.0 Å². The summed E-state index contributed by atoms with van der Waals surface area (Å²) in [5.41, 5.74) is 5.19. The second-order valence-electron chi connectivity index (χ2n) is 5.27. The fourth-order valence-corrected chi connectivity index (χ4v) is 1.49. The van der Waals surface area contributed by atoms with Gasteiger partial charge in [0.05, 0.1) is 6.26 Å². The lowest BCUT2D eigenvalue weighted by Crippen LogP contribution is -2.37. The van der Waals surface area contributed by atoms with Gasteiger partial charge in [0.1, 0.15) is 11.4 Å². The van der Waals surface area contributed by atoms with E-state index >= 15 is 0 Å². The number of furan rings is 1. The zero-order chi connectivity index (χ0) is 13.6. The summed E-state index contributed by atoms with van der Waals surface area (Å²) in [6, 6.07) is 3.74. The molecular weight excluding hydrogens is 232 g/mol. The smallest absolute Gasteiger partial charge is 0.407 e. The normalized spacial score (nSPS) is 13.1. The van der Waals surface area contributed by atoms with Gasteiger partial charge in [-0.2, -0.15) is 0 Å². The van der Waals surface area contributed by atoms with Crippen LogP contribution in [0.5, 0.6) is 0 Å². The number of rotatable bonds is 5. The Hall–Kier alpha value is -1.49. The number of carbonyl (C=O) groups excluding carboxylic acids is 1. The van der Waals surface area contributed by atoms with Gasteiger partial charge in [-0.3, -0.25) is 0 Å². The van der Waals surface area contributed by atoms with Crippen LogP contribution in [0.1, 0.15) is 26.5 Å². The number of amides is 1. The minimum atomic E-state index is -0.483. The van der Waals surface area contributed by atoms with E-state index in [1.807, 2.05) is 32.9 Å². The van der Waals surface area contributed by atoms with Gasteiger partial charge in [-0.15, -0.1) is 0 Å². The summed E-state index contributed by atoms with van der Waals surface area (Å²) in [6.45, 7) is 6.45. The van der Waals surface area contributed by atoms with Crippen molar-refractivity contribution in [2.45, 2.75) is 32.8 Å². The van der Waals surface area contributed by atoms with Crippen LogP contribution >= 0.6 is 0 Å². The quantitative estimate of drug-likeness (QED) is 0.841. The zero-order valence-corrected chi connectivity index (χ0v) is 11.2. The van der Waals surface area contributed by atoms with Gasteiger partial charge in [0.25, 0.3) is 0 Å². The monoisotopic (exact) mass is 254 g/mol. The van der Waals surface area contributed by atoms with Crippen molar-refractivity contribution in [2.24, 2.45) is 11.7 Å². The Balaban J connectivity index is 2.33. The molecule has 0 bridgehead atoms. The van der Waals surface area contributed by atoms with E-state index in [0.717, 1.165) is 5.76 Å². The molecule has 0 spiro atoms. The second-order valence-corrected chi connectivity index (χ2v) is 5.27. The van der Waals surface area contributed by atoms with Crippen molar-refractivity contribution in [3.8, 4) is 0 Å². The van der Waals surface area contributed by atoms with Crippen molar-refractivity contribution in [2.75, 3.05) is 13.1 Å². The Bertz CT molecular complexity index is 355. The number of nitrogens with two attached hydrogens (primary N) is 1. The summed E-state index contributed by atoms with van der Waals surface area (Å²) in [6.07, 6.45) is 1.92. The lowest BCUT2D eigenvalue weighted by Gasteiger charge is -2.21. The van der Waals surface area contributed by atoms with E-state index in [2.05, 4.69) is 5.32 Å². The minimum absolute atomic E-state index is 0.142. The molecule has 1 aromatic heterocycles. The summed E-state index contributed by atoms with van der Waals surface area (Å²) in [7, 11) is 0. The summed E-state index contributed by atoms with van der Waals surface area (Å²) >= 11 is 0. The van der Waals surface area contributed by atoms with Crippen LogP contribution in [0.3, 0.4) is 0 Å². The van der Waals surface area contributed by atoms with Crippen LogP contribution in [-0.4, -0.2) is 24.8 Å². The van der Waals surface area contributed by atoms with Crippen LogP contribution in [0.25, 0.3) is 0 Å².